The molecule has 0 unspecified atom stereocenters. The van der Waals surface area contributed by atoms with Crippen molar-refractivity contribution >= 4 is 11.7 Å². The molecule has 0 saturated carbocycles. The van der Waals surface area contributed by atoms with Crippen LogP contribution in [0.5, 0.6) is 0 Å². The van der Waals surface area contributed by atoms with Gasteiger partial charge in [0.15, 0.2) is 0 Å². The van der Waals surface area contributed by atoms with Crippen molar-refractivity contribution in [2.75, 3.05) is 5.32 Å². The van der Waals surface area contributed by atoms with Gasteiger partial charge in [0.25, 0.3) is 0 Å². The molecule has 88 valence electrons. The average Bonchev–Trinajstić information content (AvgIpc) is 2.80. The second-order valence-corrected chi connectivity index (χ2v) is 3.43. The van der Waals surface area contributed by atoms with Crippen LogP contribution in [0.2, 0.25) is 0 Å². The molecule has 0 aliphatic rings. The number of carbonyl (C=O) groups is 1. The lowest BCUT2D eigenvalue weighted by atomic mass is 10.1. The van der Waals surface area contributed by atoms with Crippen LogP contribution in [0.1, 0.15) is 16.1 Å². The van der Waals surface area contributed by atoms with Gasteiger partial charge in [0.05, 0.1) is 18.4 Å². The Morgan fingerprint density at radius 1 is 1.41 bits per heavy atom. The van der Waals surface area contributed by atoms with Crippen LogP contribution in [0.15, 0.2) is 41.0 Å². The summed E-state index contributed by atoms with van der Waals surface area (Å²) in [5, 5.41) is 11.8. The number of anilines is 1. The zero-order chi connectivity index (χ0) is 12.3. The SMILES string of the molecule is O=C(O)c1cc(F)ccc1NCc1ccco1. The summed E-state index contributed by atoms with van der Waals surface area (Å²) in [5.41, 5.74) is 0.256. The molecule has 2 N–H and O–H groups in total. The van der Waals surface area contributed by atoms with Crippen LogP contribution in [0, 0.1) is 5.82 Å². The molecule has 17 heavy (non-hydrogen) atoms. The van der Waals surface area contributed by atoms with Crippen molar-refractivity contribution in [2.24, 2.45) is 0 Å². The summed E-state index contributed by atoms with van der Waals surface area (Å²) < 4.78 is 18.0. The van der Waals surface area contributed by atoms with Crippen molar-refractivity contribution in [3.8, 4) is 0 Å². The largest absolute Gasteiger partial charge is 0.478 e. The molecule has 0 atom stereocenters. The van der Waals surface area contributed by atoms with Gasteiger partial charge in [-0.15, -0.1) is 0 Å². The Morgan fingerprint density at radius 2 is 2.24 bits per heavy atom. The molecular formula is C12H10FNO3. The molecule has 0 aliphatic carbocycles. The maximum Gasteiger partial charge on any atom is 0.337 e. The fraction of sp³-hybridized carbons (Fsp3) is 0.0833. The van der Waals surface area contributed by atoms with Gasteiger partial charge in [-0.3, -0.25) is 0 Å². The van der Waals surface area contributed by atoms with Gasteiger partial charge in [-0.2, -0.15) is 0 Å². The summed E-state index contributed by atoms with van der Waals surface area (Å²) in [6, 6.07) is 7.07. The van der Waals surface area contributed by atoms with Gasteiger partial charge >= 0.3 is 5.97 Å². The van der Waals surface area contributed by atoms with E-state index in [-0.39, 0.29) is 5.56 Å². The average molecular weight is 235 g/mol. The van der Waals surface area contributed by atoms with Crippen molar-refractivity contribution in [2.45, 2.75) is 6.54 Å². The summed E-state index contributed by atoms with van der Waals surface area (Å²) in [7, 11) is 0. The summed E-state index contributed by atoms with van der Waals surface area (Å²) in [6.45, 7) is 0.346. The highest BCUT2D eigenvalue weighted by Crippen LogP contribution is 2.18. The van der Waals surface area contributed by atoms with E-state index >= 15 is 0 Å². The number of nitrogens with one attached hydrogen (secondary N) is 1. The number of carboxylic acid groups (broad SMARTS) is 1. The highest BCUT2D eigenvalue weighted by atomic mass is 19.1. The number of halogens is 1. The van der Waals surface area contributed by atoms with Gasteiger partial charge in [-0.05, 0) is 30.3 Å². The molecule has 1 aromatic carbocycles. The van der Waals surface area contributed by atoms with Crippen molar-refractivity contribution in [3.63, 3.8) is 0 Å². The molecule has 1 heterocycles. The van der Waals surface area contributed by atoms with Crippen LogP contribution >= 0.6 is 0 Å². The van der Waals surface area contributed by atoms with Crippen molar-refractivity contribution in [1.29, 1.82) is 0 Å². The number of carboxylic acids is 1. The van der Waals surface area contributed by atoms with E-state index in [1.54, 1.807) is 12.1 Å². The van der Waals surface area contributed by atoms with E-state index in [2.05, 4.69) is 5.32 Å². The predicted molar refractivity (Wildman–Crippen MR) is 59.4 cm³/mol. The van der Waals surface area contributed by atoms with Gasteiger partial charge in [-0.1, -0.05) is 0 Å². The molecule has 1 aromatic heterocycles. The van der Waals surface area contributed by atoms with E-state index in [1.807, 2.05) is 0 Å². The molecule has 0 spiro atoms. The Hall–Kier alpha value is -2.30. The maximum atomic E-state index is 12.9. The fourth-order valence-electron chi connectivity index (χ4n) is 1.44. The van der Waals surface area contributed by atoms with Gasteiger partial charge in [-0.25, -0.2) is 9.18 Å². The summed E-state index contributed by atoms with van der Waals surface area (Å²) >= 11 is 0. The van der Waals surface area contributed by atoms with Crippen LogP contribution in [0.3, 0.4) is 0 Å². The van der Waals surface area contributed by atoms with E-state index in [4.69, 9.17) is 9.52 Å². The van der Waals surface area contributed by atoms with E-state index in [0.29, 0.717) is 18.0 Å². The van der Waals surface area contributed by atoms with Crippen molar-refractivity contribution in [1.82, 2.24) is 0 Å². The number of furan rings is 1. The van der Waals surface area contributed by atoms with Gasteiger partial charge in [0.1, 0.15) is 11.6 Å². The third kappa shape index (κ3) is 2.63. The number of hydrogen-bond donors (Lipinski definition) is 2. The van der Waals surface area contributed by atoms with Crippen LogP contribution < -0.4 is 5.32 Å². The zero-order valence-corrected chi connectivity index (χ0v) is 8.81. The molecule has 2 aromatic rings. The monoisotopic (exact) mass is 235 g/mol. The number of benzene rings is 1. The first-order valence-corrected chi connectivity index (χ1v) is 4.96. The Bertz CT molecular complexity index is 523. The molecule has 5 heteroatoms. The lowest BCUT2D eigenvalue weighted by molar-refractivity contribution is 0.0697. The molecule has 0 fully saturated rings. The Morgan fingerprint density at radius 3 is 2.88 bits per heavy atom. The minimum absolute atomic E-state index is 0.100. The minimum Gasteiger partial charge on any atom is -0.478 e. The quantitative estimate of drug-likeness (QED) is 0.855. The van der Waals surface area contributed by atoms with Crippen LogP contribution in [-0.4, -0.2) is 11.1 Å². The first-order valence-electron chi connectivity index (χ1n) is 4.96. The first kappa shape index (κ1) is 11.2. The second kappa shape index (κ2) is 4.69. The van der Waals surface area contributed by atoms with Gasteiger partial charge in [0.2, 0.25) is 0 Å². The van der Waals surface area contributed by atoms with Crippen LogP contribution in [-0.2, 0) is 6.54 Å². The molecule has 0 amide bonds. The van der Waals surface area contributed by atoms with Gasteiger partial charge < -0.3 is 14.8 Å². The van der Waals surface area contributed by atoms with E-state index in [0.717, 1.165) is 6.07 Å². The number of aromatic carboxylic acids is 1. The summed E-state index contributed by atoms with van der Waals surface area (Å²) in [6.07, 6.45) is 1.53. The molecule has 0 saturated heterocycles. The van der Waals surface area contributed by atoms with Gasteiger partial charge in [0, 0.05) is 5.69 Å². The Labute approximate surface area is 96.7 Å². The predicted octanol–water partition coefficient (Wildman–Crippen LogP) is 2.73. The topological polar surface area (TPSA) is 62.5 Å². The van der Waals surface area contributed by atoms with Crippen LogP contribution in [0.4, 0.5) is 10.1 Å². The standard InChI is InChI=1S/C12H10FNO3/c13-8-3-4-11(10(6-8)12(15)16)14-7-9-2-1-5-17-9/h1-6,14H,7H2,(H,15,16). The molecule has 2 rings (SSSR count). The molecular weight excluding hydrogens is 225 g/mol. The van der Waals surface area contributed by atoms with E-state index in [9.17, 15) is 9.18 Å². The lowest BCUT2D eigenvalue weighted by Gasteiger charge is -2.08. The Balaban J connectivity index is 2.17. The lowest BCUT2D eigenvalue weighted by Crippen LogP contribution is -2.06. The number of rotatable bonds is 4. The fourth-order valence-corrected chi connectivity index (χ4v) is 1.44. The number of hydrogen-bond acceptors (Lipinski definition) is 3. The van der Waals surface area contributed by atoms with Crippen molar-refractivity contribution < 1.29 is 18.7 Å². The third-order valence-corrected chi connectivity index (χ3v) is 2.25. The third-order valence-electron chi connectivity index (χ3n) is 2.25. The minimum atomic E-state index is -1.17. The molecule has 4 nitrogen and oxygen atoms in total. The van der Waals surface area contributed by atoms with Crippen molar-refractivity contribution in [3.05, 3.63) is 53.7 Å². The molecule has 0 aliphatic heterocycles. The summed E-state index contributed by atoms with van der Waals surface area (Å²) in [5.74, 6) is -1.08. The highest BCUT2D eigenvalue weighted by molar-refractivity contribution is 5.94. The van der Waals surface area contributed by atoms with Crippen LogP contribution in [0.25, 0.3) is 0 Å². The van der Waals surface area contributed by atoms with E-state index < -0.39 is 11.8 Å². The van der Waals surface area contributed by atoms with E-state index in [1.165, 1.54) is 18.4 Å². The second-order valence-electron chi connectivity index (χ2n) is 3.43. The molecule has 0 bridgehead atoms. The Kier molecular flexibility index (Phi) is 3.09. The maximum absolute atomic E-state index is 12.9. The normalized spacial score (nSPS) is 10.2. The first-order chi connectivity index (χ1) is 8.16. The highest BCUT2D eigenvalue weighted by Gasteiger charge is 2.11. The molecule has 0 radical (unpaired) electrons. The smallest absolute Gasteiger partial charge is 0.337 e. The zero-order valence-electron chi connectivity index (χ0n) is 8.81. The summed E-state index contributed by atoms with van der Waals surface area (Å²) in [4.78, 5) is 10.9.